The summed E-state index contributed by atoms with van der Waals surface area (Å²) in [5.41, 5.74) is 0.427. The SMILES string of the molecule is CC(C)CC(CN(C)C)NC(=O)c1cnccc1Cl. The number of nitrogens with one attached hydrogen (secondary N) is 1. The number of aromatic nitrogens is 1. The smallest absolute Gasteiger partial charge is 0.254 e. The van der Waals surface area contributed by atoms with E-state index in [0.717, 1.165) is 13.0 Å². The number of carbonyl (C=O) groups is 1. The van der Waals surface area contributed by atoms with E-state index in [4.69, 9.17) is 11.6 Å². The van der Waals surface area contributed by atoms with Crippen LogP contribution in [0.3, 0.4) is 0 Å². The van der Waals surface area contributed by atoms with Crippen molar-refractivity contribution in [2.24, 2.45) is 5.92 Å². The predicted octanol–water partition coefficient (Wildman–Crippen LogP) is 2.44. The zero-order valence-corrected chi connectivity index (χ0v) is 12.7. The van der Waals surface area contributed by atoms with Crippen molar-refractivity contribution in [3.63, 3.8) is 0 Å². The van der Waals surface area contributed by atoms with E-state index in [1.165, 1.54) is 6.20 Å². The highest BCUT2D eigenvalue weighted by molar-refractivity contribution is 6.33. The van der Waals surface area contributed by atoms with Gasteiger partial charge in [-0.15, -0.1) is 0 Å². The maximum Gasteiger partial charge on any atom is 0.254 e. The Labute approximate surface area is 120 Å². The summed E-state index contributed by atoms with van der Waals surface area (Å²) in [6.45, 7) is 5.10. The average Bonchev–Trinajstić information content (AvgIpc) is 2.27. The number of rotatable bonds is 6. The van der Waals surface area contributed by atoms with E-state index in [2.05, 4.69) is 29.0 Å². The molecule has 0 radical (unpaired) electrons. The summed E-state index contributed by atoms with van der Waals surface area (Å²) in [5, 5.41) is 3.46. The highest BCUT2D eigenvalue weighted by atomic mass is 35.5. The second-order valence-electron chi connectivity index (χ2n) is 5.42. The quantitative estimate of drug-likeness (QED) is 0.872. The standard InChI is InChI=1S/C14H22ClN3O/c1-10(2)7-11(9-18(3)4)17-14(19)12-8-16-6-5-13(12)15/h5-6,8,10-11H,7,9H2,1-4H3,(H,17,19). The number of carbonyl (C=O) groups excluding carboxylic acids is 1. The van der Waals surface area contributed by atoms with Gasteiger partial charge in [-0.3, -0.25) is 9.78 Å². The second-order valence-corrected chi connectivity index (χ2v) is 5.82. The van der Waals surface area contributed by atoms with Crippen molar-refractivity contribution in [1.82, 2.24) is 15.2 Å². The van der Waals surface area contributed by atoms with Crippen LogP contribution in [0.5, 0.6) is 0 Å². The molecule has 0 bridgehead atoms. The van der Waals surface area contributed by atoms with Gasteiger partial charge in [-0.2, -0.15) is 0 Å². The van der Waals surface area contributed by atoms with Crippen molar-refractivity contribution in [2.45, 2.75) is 26.3 Å². The monoisotopic (exact) mass is 283 g/mol. The van der Waals surface area contributed by atoms with E-state index in [1.807, 2.05) is 14.1 Å². The van der Waals surface area contributed by atoms with Gasteiger partial charge < -0.3 is 10.2 Å². The first-order valence-electron chi connectivity index (χ1n) is 6.45. The summed E-state index contributed by atoms with van der Waals surface area (Å²) in [5.74, 6) is 0.361. The Morgan fingerprint density at radius 2 is 2.16 bits per heavy atom. The van der Waals surface area contributed by atoms with Crippen molar-refractivity contribution in [3.05, 3.63) is 29.0 Å². The van der Waals surface area contributed by atoms with Crippen LogP contribution in [0.2, 0.25) is 5.02 Å². The fourth-order valence-corrected chi connectivity index (χ4v) is 2.19. The summed E-state index contributed by atoms with van der Waals surface area (Å²) in [7, 11) is 3.99. The van der Waals surface area contributed by atoms with Gasteiger partial charge in [0.25, 0.3) is 5.91 Å². The van der Waals surface area contributed by atoms with E-state index < -0.39 is 0 Å². The van der Waals surface area contributed by atoms with Crippen LogP contribution in [-0.4, -0.2) is 42.5 Å². The third-order valence-electron chi connectivity index (χ3n) is 2.69. The van der Waals surface area contributed by atoms with Crippen molar-refractivity contribution in [2.75, 3.05) is 20.6 Å². The molecular formula is C14H22ClN3O. The molecule has 1 unspecified atom stereocenters. The molecule has 0 aliphatic carbocycles. The van der Waals surface area contributed by atoms with Gasteiger partial charge in [0.1, 0.15) is 0 Å². The summed E-state index contributed by atoms with van der Waals surface area (Å²) in [6.07, 6.45) is 4.01. The van der Waals surface area contributed by atoms with Gasteiger partial charge in [-0.1, -0.05) is 25.4 Å². The van der Waals surface area contributed by atoms with E-state index >= 15 is 0 Å². The minimum absolute atomic E-state index is 0.110. The van der Waals surface area contributed by atoms with Gasteiger partial charge in [0, 0.05) is 25.0 Å². The Balaban J connectivity index is 2.73. The van der Waals surface area contributed by atoms with Crippen LogP contribution < -0.4 is 5.32 Å². The van der Waals surface area contributed by atoms with Crippen LogP contribution in [-0.2, 0) is 0 Å². The van der Waals surface area contributed by atoms with E-state index in [1.54, 1.807) is 12.3 Å². The number of hydrogen-bond acceptors (Lipinski definition) is 3. The number of hydrogen-bond donors (Lipinski definition) is 1. The molecule has 5 heteroatoms. The highest BCUT2D eigenvalue weighted by Gasteiger charge is 2.17. The van der Waals surface area contributed by atoms with Crippen molar-refractivity contribution < 1.29 is 4.79 Å². The van der Waals surface area contributed by atoms with Crippen LogP contribution >= 0.6 is 11.6 Å². The van der Waals surface area contributed by atoms with Gasteiger partial charge in [0.2, 0.25) is 0 Å². The van der Waals surface area contributed by atoms with Gasteiger partial charge in [-0.05, 0) is 32.5 Å². The number of likely N-dealkylation sites (N-methyl/N-ethyl adjacent to an activating group) is 1. The van der Waals surface area contributed by atoms with E-state index in [-0.39, 0.29) is 11.9 Å². The summed E-state index contributed by atoms with van der Waals surface area (Å²) < 4.78 is 0. The number of amides is 1. The topological polar surface area (TPSA) is 45.2 Å². The van der Waals surface area contributed by atoms with Crippen molar-refractivity contribution in [1.29, 1.82) is 0 Å². The lowest BCUT2D eigenvalue weighted by molar-refractivity contribution is 0.0924. The zero-order valence-electron chi connectivity index (χ0n) is 12.0. The fourth-order valence-electron chi connectivity index (χ4n) is 2.00. The Morgan fingerprint density at radius 3 is 2.68 bits per heavy atom. The molecule has 0 saturated heterocycles. The Hall–Kier alpha value is -1.13. The minimum atomic E-state index is -0.161. The maximum absolute atomic E-state index is 12.2. The van der Waals surface area contributed by atoms with Crippen LogP contribution in [0.15, 0.2) is 18.5 Å². The first-order chi connectivity index (χ1) is 8.90. The molecule has 1 aromatic heterocycles. The molecule has 1 heterocycles. The molecule has 0 spiro atoms. The van der Waals surface area contributed by atoms with Gasteiger partial charge in [-0.25, -0.2) is 0 Å². The molecule has 19 heavy (non-hydrogen) atoms. The molecule has 0 fully saturated rings. The van der Waals surface area contributed by atoms with Crippen LogP contribution in [0.4, 0.5) is 0 Å². The fraction of sp³-hybridized carbons (Fsp3) is 0.571. The maximum atomic E-state index is 12.2. The molecule has 1 N–H and O–H groups in total. The number of pyridine rings is 1. The number of halogens is 1. The zero-order chi connectivity index (χ0) is 14.4. The van der Waals surface area contributed by atoms with Gasteiger partial charge in [0.05, 0.1) is 10.6 Å². The van der Waals surface area contributed by atoms with Gasteiger partial charge >= 0.3 is 0 Å². The minimum Gasteiger partial charge on any atom is -0.348 e. The highest BCUT2D eigenvalue weighted by Crippen LogP contribution is 2.14. The lowest BCUT2D eigenvalue weighted by Crippen LogP contribution is -2.42. The molecule has 0 aromatic carbocycles. The largest absolute Gasteiger partial charge is 0.348 e. The molecule has 4 nitrogen and oxygen atoms in total. The lowest BCUT2D eigenvalue weighted by Gasteiger charge is -2.24. The normalized spacial score (nSPS) is 12.8. The molecule has 0 aliphatic rings. The second kappa shape index (κ2) is 7.46. The summed E-state index contributed by atoms with van der Waals surface area (Å²) in [6, 6.07) is 1.73. The van der Waals surface area contributed by atoms with Crippen molar-refractivity contribution >= 4 is 17.5 Å². The third-order valence-corrected chi connectivity index (χ3v) is 3.02. The van der Waals surface area contributed by atoms with Gasteiger partial charge in [0.15, 0.2) is 0 Å². The van der Waals surface area contributed by atoms with Crippen molar-refractivity contribution in [3.8, 4) is 0 Å². The first kappa shape index (κ1) is 15.9. The average molecular weight is 284 g/mol. The molecule has 0 aliphatic heterocycles. The van der Waals surface area contributed by atoms with E-state index in [0.29, 0.717) is 16.5 Å². The first-order valence-corrected chi connectivity index (χ1v) is 6.83. The van der Waals surface area contributed by atoms with E-state index in [9.17, 15) is 4.79 Å². The lowest BCUT2D eigenvalue weighted by atomic mass is 10.0. The van der Waals surface area contributed by atoms with Crippen LogP contribution in [0.25, 0.3) is 0 Å². The Kier molecular flexibility index (Phi) is 6.25. The molecule has 1 rings (SSSR count). The van der Waals surface area contributed by atoms with Crippen LogP contribution in [0, 0.1) is 5.92 Å². The molecule has 1 amide bonds. The molecule has 0 saturated carbocycles. The molecule has 106 valence electrons. The van der Waals surface area contributed by atoms with Crippen LogP contribution in [0.1, 0.15) is 30.6 Å². The predicted molar refractivity (Wildman–Crippen MR) is 78.5 cm³/mol. The third kappa shape index (κ3) is 5.57. The molecule has 1 atom stereocenters. The summed E-state index contributed by atoms with van der Waals surface area (Å²) >= 11 is 6.00. The Morgan fingerprint density at radius 1 is 1.47 bits per heavy atom. The molecular weight excluding hydrogens is 262 g/mol. The molecule has 1 aromatic rings. The summed E-state index contributed by atoms with van der Waals surface area (Å²) in [4.78, 5) is 18.2. The number of nitrogens with zero attached hydrogens (tertiary/aromatic N) is 2. The Bertz CT molecular complexity index is 411.